The van der Waals surface area contributed by atoms with Crippen LogP contribution in [0.15, 0.2) is 66.7 Å². The molecule has 1 heterocycles. The lowest BCUT2D eigenvalue weighted by Crippen LogP contribution is -2.00. The smallest absolute Gasteiger partial charge is 0.142 e. The summed E-state index contributed by atoms with van der Waals surface area (Å²) < 4.78 is 33.1. The molecule has 3 aromatic carbocycles. The SMILES string of the molecule is Fc1ccc(-c2nc3ccccc3[nH]2)c(OCc2ccccc2F)c1. The molecule has 0 aliphatic carbocycles. The fourth-order valence-electron chi connectivity index (χ4n) is 2.66. The second-order valence-corrected chi connectivity index (χ2v) is 5.62. The number of aromatic amines is 1. The standard InChI is InChI=1S/C20H14F2N2O/c21-14-9-10-15(20-23-17-7-3-4-8-18(17)24-20)19(11-14)25-12-13-5-1-2-6-16(13)22/h1-11H,12H2,(H,23,24). The molecule has 0 aliphatic heterocycles. The van der Waals surface area contributed by atoms with Gasteiger partial charge in [0.25, 0.3) is 0 Å². The summed E-state index contributed by atoms with van der Waals surface area (Å²) >= 11 is 0. The van der Waals surface area contributed by atoms with Crippen LogP contribution in [0.5, 0.6) is 5.75 Å². The summed E-state index contributed by atoms with van der Waals surface area (Å²) in [5, 5.41) is 0. The van der Waals surface area contributed by atoms with Gasteiger partial charge in [-0.1, -0.05) is 30.3 Å². The Labute approximate surface area is 142 Å². The van der Waals surface area contributed by atoms with E-state index < -0.39 is 5.82 Å². The molecule has 0 unspecified atom stereocenters. The summed E-state index contributed by atoms with van der Waals surface area (Å²) in [4.78, 5) is 7.71. The maximum atomic E-state index is 13.8. The molecule has 3 nitrogen and oxygen atoms in total. The van der Waals surface area contributed by atoms with Gasteiger partial charge in [0, 0.05) is 11.6 Å². The van der Waals surface area contributed by atoms with Crippen LogP contribution >= 0.6 is 0 Å². The summed E-state index contributed by atoms with van der Waals surface area (Å²) in [6.07, 6.45) is 0. The molecule has 0 saturated heterocycles. The molecule has 0 aliphatic rings. The van der Waals surface area contributed by atoms with Crippen molar-refractivity contribution < 1.29 is 13.5 Å². The van der Waals surface area contributed by atoms with E-state index in [4.69, 9.17) is 4.74 Å². The minimum atomic E-state index is -0.427. The first-order chi connectivity index (χ1) is 12.2. The lowest BCUT2D eigenvalue weighted by atomic mass is 10.2. The van der Waals surface area contributed by atoms with Gasteiger partial charge in [-0.15, -0.1) is 0 Å². The normalized spacial score (nSPS) is 11.0. The van der Waals surface area contributed by atoms with Crippen LogP contribution in [0.2, 0.25) is 0 Å². The van der Waals surface area contributed by atoms with E-state index in [0.717, 1.165) is 11.0 Å². The second-order valence-electron chi connectivity index (χ2n) is 5.62. The Bertz CT molecular complexity index is 1010. The third kappa shape index (κ3) is 3.08. The molecular formula is C20H14F2N2O. The van der Waals surface area contributed by atoms with Crippen molar-refractivity contribution in [3.8, 4) is 17.1 Å². The number of para-hydroxylation sites is 2. The van der Waals surface area contributed by atoms with Crippen molar-refractivity contribution in [3.05, 3.63) is 83.9 Å². The van der Waals surface area contributed by atoms with Crippen LogP contribution in [-0.4, -0.2) is 9.97 Å². The number of aromatic nitrogens is 2. The molecule has 0 saturated carbocycles. The van der Waals surface area contributed by atoms with Crippen molar-refractivity contribution in [2.24, 2.45) is 0 Å². The van der Waals surface area contributed by atoms with Crippen LogP contribution in [0.1, 0.15) is 5.56 Å². The number of nitrogens with zero attached hydrogens (tertiary/aromatic N) is 1. The third-order valence-electron chi connectivity index (χ3n) is 3.93. The zero-order valence-electron chi connectivity index (χ0n) is 13.2. The molecule has 4 aromatic rings. The van der Waals surface area contributed by atoms with E-state index in [9.17, 15) is 8.78 Å². The first kappa shape index (κ1) is 15.3. The van der Waals surface area contributed by atoms with Crippen LogP contribution in [0, 0.1) is 11.6 Å². The molecule has 1 aromatic heterocycles. The highest BCUT2D eigenvalue weighted by Gasteiger charge is 2.13. The Hall–Kier alpha value is -3.21. The van der Waals surface area contributed by atoms with Crippen LogP contribution in [0.25, 0.3) is 22.4 Å². The predicted molar refractivity (Wildman–Crippen MR) is 92.2 cm³/mol. The first-order valence-corrected chi connectivity index (χ1v) is 7.81. The van der Waals surface area contributed by atoms with Gasteiger partial charge in [-0.05, 0) is 30.3 Å². The molecule has 25 heavy (non-hydrogen) atoms. The minimum absolute atomic E-state index is 0.00333. The number of ether oxygens (including phenoxy) is 1. The summed E-state index contributed by atoms with van der Waals surface area (Å²) in [6, 6.07) is 18.2. The van der Waals surface area contributed by atoms with E-state index in [0.29, 0.717) is 22.7 Å². The number of hydrogen-bond donors (Lipinski definition) is 1. The second kappa shape index (κ2) is 6.36. The predicted octanol–water partition coefficient (Wildman–Crippen LogP) is 5.09. The lowest BCUT2D eigenvalue weighted by Gasteiger charge is -2.11. The summed E-state index contributed by atoms with van der Waals surface area (Å²) in [5.41, 5.74) is 2.71. The number of H-pyrrole nitrogens is 1. The van der Waals surface area contributed by atoms with Gasteiger partial charge < -0.3 is 9.72 Å². The van der Waals surface area contributed by atoms with E-state index in [1.54, 1.807) is 24.3 Å². The first-order valence-electron chi connectivity index (χ1n) is 7.81. The van der Waals surface area contributed by atoms with E-state index >= 15 is 0 Å². The monoisotopic (exact) mass is 336 g/mol. The van der Waals surface area contributed by atoms with Gasteiger partial charge in [0.1, 0.15) is 29.8 Å². The van der Waals surface area contributed by atoms with Crippen molar-refractivity contribution in [2.45, 2.75) is 6.61 Å². The Morgan fingerprint density at radius 2 is 1.72 bits per heavy atom. The Balaban J connectivity index is 1.70. The molecule has 5 heteroatoms. The lowest BCUT2D eigenvalue weighted by molar-refractivity contribution is 0.299. The fourth-order valence-corrected chi connectivity index (χ4v) is 2.66. The van der Waals surface area contributed by atoms with Crippen molar-refractivity contribution in [3.63, 3.8) is 0 Å². The average Bonchev–Trinajstić information content (AvgIpc) is 3.05. The van der Waals surface area contributed by atoms with E-state index in [-0.39, 0.29) is 12.4 Å². The quantitative estimate of drug-likeness (QED) is 0.564. The molecule has 0 radical (unpaired) electrons. The average molecular weight is 336 g/mol. The molecule has 0 atom stereocenters. The van der Waals surface area contributed by atoms with Crippen molar-refractivity contribution >= 4 is 11.0 Å². The molecule has 124 valence electrons. The molecule has 1 N–H and O–H groups in total. The number of benzene rings is 3. The van der Waals surface area contributed by atoms with Gasteiger partial charge in [0.05, 0.1) is 16.6 Å². The number of imidazole rings is 1. The van der Waals surface area contributed by atoms with E-state index in [1.165, 1.54) is 18.2 Å². The van der Waals surface area contributed by atoms with Gasteiger partial charge in [0.2, 0.25) is 0 Å². The highest BCUT2D eigenvalue weighted by atomic mass is 19.1. The van der Waals surface area contributed by atoms with Crippen LogP contribution in [0.4, 0.5) is 8.78 Å². The molecule has 0 bridgehead atoms. The Morgan fingerprint density at radius 3 is 2.56 bits per heavy atom. The number of halogens is 2. The zero-order valence-corrected chi connectivity index (χ0v) is 13.2. The molecule has 0 spiro atoms. The van der Waals surface area contributed by atoms with Gasteiger partial charge in [-0.25, -0.2) is 13.8 Å². The van der Waals surface area contributed by atoms with Gasteiger partial charge >= 0.3 is 0 Å². The zero-order chi connectivity index (χ0) is 17.2. The highest BCUT2D eigenvalue weighted by Crippen LogP contribution is 2.31. The van der Waals surface area contributed by atoms with Crippen LogP contribution in [0.3, 0.4) is 0 Å². The van der Waals surface area contributed by atoms with E-state index in [1.807, 2.05) is 24.3 Å². The Morgan fingerprint density at radius 1 is 0.920 bits per heavy atom. The fraction of sp³-hybridized carbons (Fsp3) is 0.0500. The number of rotatable bonds is 4. The summed E-state index contributed by atoms with van der Waals surface area (Å²) in [6.45, 7) is 0.00333. The van der Waals surface area contributed by atoms with Gasteiger partial charge in [0.15, 0.2) is 0 Å². The van der Waals surface area contributed by atoms with E-state index in [2.05, 4.69) is 9.97 Å². The van der Waals surface area contributed by atoms with Crippen LogP contribution < -0.4 is 4.74 Å². The molecule has 4 rings (SSSR count). The van der Waals surface area contributed by atoms with Crippen molar-refractivity contribution in [1.82, 2.24) is 9.97 Å². The topological polar surface area (TPSA) is 37.9 Å². The van der Waals surface area contributed by atoms with Crippen molar-refractivity contribution in [1.29, 1.82) is 0 Å². The summed E-state index contributed by atoms with van der Waals surface area (Å²) in [7, 11) is 0. The molecule has 0 fully saturated rings. The Kier molecular flexibility index (Phi) is 3.90. The third-order valence-corrected chi connectivity index (χ3v) is 3.93. The maximum Gasteiger partial charge on any atom is 0.142 e. The molecule has 0 amide bonds. The summed E-state index contributed by atoms with van der Waals surface area (Å²) in [5.74, 6) is 0.0969. The number of fused-ring (bicyclic) bond motifs is 1. The number of nitrogens with one attached hydrogen (secondary N) is 1. The largest absolute Gasteiger partial charge is 0.488 e. The number of hydrogen-bond acceptors (Lipinski definition) is 2. The molecular weight excluding hydrogens is 322 g/mol. The van der Waals surface area contributed by atoms with Crippen LogP contribution in [-0.2, 0) is 6.61 Å². The maximum absolute atomic E-state index is 13.8. The van der Waals surface area contributed by atoms with Gasteiger partial charge in [-0.2, -0.15) is 0 Å². The minimum Gasteiger partial charge on any atom is -0.488 e. The van der Waals surface area contributed by atoms with Crippen molar-refractivity contribution in [2.75, 3.05) is 0 Å². The highest BCUT2D eigenvalue weighted by molar-refractivity contribution is 5.80. The van der Waals surface area contributed by atoms with Gasteiger partial charge in [-0.3, -0.25) is 0 Å².